The summed E-state index contributed by atoms with van der Waals surface area (Å²) in [4.78, 5) is 16.9. The fraction of sp³-hybridized carbons (Fsp3) is 0.545. The Morgan fingerprint density at radius 1 is 1.07 bits per heavy atom. The van der Waals surface area contributed by atoms with E-state index in [1.165, 1.54) is 0 Å². The summed E-state index contributed by atoms with van der Waals surface area (Å²) >= 11 is 0. The largest absolute Gasteiger partial charge is 0.341 e. The van der Waals surface area contributed by atoms with Gasteiger partial charge in [-0.1, -0.05) is 49.3 Å². The molecule has 0 radical (unpaired) electrons. The zero-order chi connectivity index (χ0) is 20.0. The van der Waals surface area contributed by atoms with Crippen molar-refractivity contribution in [1.82, 2.24) is 10.1 Å². The van der Waals surface area contributed by atoms with Crippen molar-refractivity contribution in [2.24, 2.45) is 5.92 Å². The Labute approximate surface area is 163 Å². The number of benzene rings is 1. The minimum absolute atomic E-state index is 0.110. The van der Waals surface area contributed by atoms with Crippen molar-refractivity contribution in [1.29, 1.82) is 0 Å². The van der Waals surface area contributed by atoms with Crippen molar-refractivity contribution in [2.45, 2.75) is 60.5 Å². The van der Waals surface area contributed by atoms with Gasteiger partial charge in [-0.05, 0) is 33.6 Å². The number of carbonyl (C=O) groups is 1. The van der Waals surface area contributed by atoms with Gasteiger partial charge in [0, 0.05) is 31.1 Å². The molecule has 0 saturated heterocycles. The zero-order valence-corrected chi connectivity index (χ0v) is 17.5. The number of carbonyl (C=O) groups excluding carboxylic acids is 1. The topological polar surface area (TPSA) is 49.6 Å². The molecule has 1 aromatic carbocycles. The molecule has 0 spiro atoms. The molecule has 0 aliphatic rings. The highest BCUT2D eigenvalue weighted by molar-refractivity contribution is 5.77. The third kappa shape index (κ3) is 5.12. The molecule has 1 aromatic heterocycles. The summed E-state index contributed by atoms with van der Waals surface area (Å²) < 4.78 is 5.77. The van der Waals surface area contributed by atoms with Crippen LogP contribution < -0.4 is 4.90 Å². The molecule has 27 heavy (non-hydrogen) atoms. The Bertz CT molecular complexity index is 718. The van der Waals surface area contributed by atoms with Crippen LogP contribution in [0.15, 0.2) is 34.9 Å². The lowest BCUT2D eigenvalue weighted by atomic mass is 10.0. The van der Waals surface area contributed by atoms with Crippen molar-refractivity contribution < 1.29 is 9.32 Å². The third-order valence-electron chi connectivity index (χ3n) is 4.72. The fourth-order valence-corrected chi connectivity index (χ4v) is 3.22. The SMILES string of the molecule is CCN(CC)c1onc(-c2ccccc2)c1CN(C(=O)CC(C)C)C(C)C. The highest BCUT2D eigenvalue weighted by Crippen LogP contribution is 2.33. The first kappa shape index (κ1) is 21.0. The van der Waals surface area contributed by atoms with Crippen molar-refractivity contribution in [2.75, 3.05) is 18.0 Å². The van der Waals surface area contributed by atoms with E-state index in [0.717, 1.165) is 35.8 Å². The van der Waals surface area contributed by atoms with Crippen LogP contribution in [0.25, 0.3) is 11.3 Å². The summed E-state index contributed by atoms with van der Waals surface area (Å²) in [5.41, 5.74) is 2.81. The Morgan fingerprint density at radius 3 is 2.22 bits per heavy atom. The Kier molecular flexibility index (Phi) is 7.45. The van der Waals surface area contributed by atoms with Crippen LogP contribution in [0.4, 0.5) is 5.88 Å². The Morgan fingerprint density at radius 2 is 1.70 bits per heavy atom. The Hall–Kier alpha value is -2.30. The van der Waals surface area contributed by atoms with E-state index in [0.29, 0.717) is 18.9 Å². The van der Waals surface area contributed by atoms with Crippen molar-refractivity contribution in [3.05, 3.63) is 35.9 Å². The molecule has 0 unspecified atom stereocenters. The molecule has 1 heterocycles. The van der Waals surface area contributed by atoms with Gasteiger partial charge in [-0.2, -0.15) is 0 Å². The predicted molar refractivity (Wildman–Crippen MR) is 111 cm³/mol. The Balaban J connectivity index is 2.47. The van der Waals surface area contributed by atoms with Gasteiger partial charge in [-0.25, -0.2) is 0 Å². The van der Waals surface area contributed by atoms with Crippen LogP contribution in [0, 0.1) is 5.92 Å². The number of rotatable bonds is 9. The maximum Gasteiger partial charge on any atom is 0.232 e. The first-order valence-corrected chi connectivity index (χ1v) is 9.97. The molecule has 0 aliphatic carbocycles. The van der Waals surface area contributed by atoms with Crippen LogP contribution in [-0.2, 0) is 11.3 Å². The predicted octanol–water partition coefficient (Wildman–Crippen LogP) is 4.97. The highest BCUT2D eigenvalue weighted by atomic mass is 16.5. The second-order valence-corrected chi connectivity index (χ2v) is 7.57. The van der Waals surface area contributed by atoms with Gasteiger partial charge in [0.05, 0.1) is 12.1 Å². The number of amides is 1. The van der Waals surface area contributed by atoms with Crippen LogP contribution in [0.1, 0.15) is 53.5 Å². The van der Waals surface area contributed by atoms with Gasteiger partial charge in [-0.3, -0.25) is 4.79 Å². The molecule has 0 aliphatic heterocycles. The van der Waals surface area contributed by atoms with E-state index in [1.807, 2.05) is 35.2 Å². The third-order valence-corrected chi connectivity index (χ3v) is 4.72. The molecule has 0 atom stereocenters. The van der Waals surface area contributed by atoms with Gasteiger partial charge in [0.1, 0.15) is 5.69 Å². The van der Waals surface area contributed by atoms with Gasteiger partial charge in [0.25, 0.3) is 0 Å². The highest BCUT2D eigenvalue weighted by Gasteiger charge is 2.26. The van der Waals surface area contributed by atoms with E-state index in [1.54, 1.807) is 0 Å². The smallest absolute Gasteiger partial charge is 0.232 e. The lowest BCUT2D eigenvalue weighted by Gasteiger charge is -2.29. The molecule has 0 bridgehead atoms. The van der Waals surface area contributed by atoms with Crippen LogP contribution in [0.2, 0.25) is 0 Å². The van der Waals surface area contributed by atoms with E-state index in [4.69, 9.17) is 4.52 Å². The molecular formula is C22H33N3O2. The standard InChI is InChI=1S/C22H33N3O2/c1-7-24(8-2)22-19(15-25(17(5)6)20(26)14-16(3)4)21(23-27-22)18-12-10-9-11-13-18/h9-13,16-17H,7-8,14-15H2,1-6H3. The molecule has 2 rings (SSSR count). The van der Waals surface area contributed by atoms with Gasteiger partial charge < -0.3 is 14.3 Å². The van der Waals surface area contributed by atoms with Crippen LogP contribution in [0.5, 0.6) is 0 Å². The second kappa shape index (κ2) is 9.58. The summed E-state index contributed by atoms with van der Waals surface area (Å²) in [6.45, 7) is 14.6. The summed E-state index contributed by atoms with van der Waals surface area (Å²) in [5, 5.41) is 4.38. The fourth-order valence-electron chi connectivity index (χ4n) is 3.22. The number of hydrogen-bond acceptors (Lipinski definition) is 4. The maximum atomic E-state index is 12.9. The van der Waals surface area contributed by atoms with E-state index in [2.05, 4.69) is 51.6 Å². The average Bonchev–Trinajstić information content (AvgIpc) is 3.04. The summed E-state index contributed by atoms with van der Waals surface area (Å²) in [7, 11) is 0. The number of anilines is 1. The summed E-state index contributed by atoms with van der Waals surface area (Å²) in [5.74, 6) is 1.27. The monoisotopic (exact) mass is 371 g/mol. The van der Waals surface area contributed by atoms with Crippen molar-refractivity contribution >= 4 is 11.8 Å². The van der Waals surface area contributed by atoms with Crippen molar-refractivity contribution in [3.8, 4) is 11.3 Å². The van der Waals surface area contributed by atoms with Crippen LogP contribution in [-0.4, -0.2) is 35.1 Å². The average molecular weight is 372 g/mol. The zero-order valence-electron chi connectivity index (χ0n) is 17.5. The molecule has 0 saturated carbocycles. The quantitative estimate of drug-likeness (QED) is 0.624. The first-order valence-electron chi connectivity index (χ1n) is 9.97. The summed E-state index contributed by atoms with van der Waals surface area (Å²) in [6, 6.07) is 10.1. The van der Waals surface area contributed by atoms with Gasteiger partial charge in [0.2, 0.25) is 11.8 Å². The van der Waals surface area contributed by atoms with Crippen molar-refractivity contribution in [3.63, 3.8) is 0 Å². The lowest BCUT2D eigenvalue weighted by molar-refractivity contribution is -0.134. The van der Waals surface area contributed by atoms with E-state index < -0.39 is 0 Å². The van der Waals surface area contributed by atoms with Gasteiger partial charge in [-0.15, -0.1) is 0 Å². The normalized spacial score (nSPS) is 11.3. The van der Waals surface area contributed by atoms with E-state index >= 15 is 0 Å². The second-order valence-electron chi connectivity index (χ2n) is 7.57. The molecule has 0 N–H and O–H groups in total. The number of aromatic nitrogens is 1. The number of nitrogens with zero attached hydrogens (tertiary/aromatic N) is 3. The van der Waals surface area contributed by atoms with E-state index in [-0.39, 0.29) is 11.9 Å². The number of hydrogen-bond donors (Lipinski definition) is 0. The minimum Gasteiger partial charge on any atom is -0.341 e. The molecule has 5 nitrogen and oxygen atoms in total. The molecule has 2 aromatic rings. The van der Waals surface area contributed by atoms with Crippen LogP contribution >= 0.6 is 0 Å². The first-order chi connectivity index (χ1) is 12.9. The molecule has 0 fully saturated rings. The molecular weight excluding hydrogens is 338 g/mol. The van der Waals surface area contributed by atoms with Gasteiger partial charge >= 0.3 is 0 Å². The minimum atomic E-state index is 0.110. The van der Waals surface area contributed by atoms with Gasteiger partial charge in [0.15, 0.2) is 0 Å². The lowest BCUT2D eigenvalue weighted by Crippen LogP contribution is -2.37. The molecule has 5 heteroatoms. The summed E-state index contributed by atoms with van der Waals surface area (Å²) in [6.07, 6.45) is 0.546. The van der Waals surface area contributed by atoms with Crippen LogP contribution in [0.3, 0.4) is 0 Å². The molecule has 148 valence electrons. The molecule has 1 amide bonds. The van der Waals surface area contributed by atoms with E-state index in [9.17, 15) is 4.79 Å². The maximum absolute atomic E-state index is 12.9.